The molecule has 0 bridgehead atoms. The summed E-state index contributed by atoms with van der Waals surface area (Å²) in [5.74, 6) is -1.38. The lowest BCUT2D eigenvalue weighted by Gasteiger charge is -2.63. The van der Waals surface area contributed by atoms with Crippen molar-refractivity contribution in [1.82, 2.24) is 9.55 Å². The van der Waals surface area contributed by atoms with Gasteiger partial charge in [0.25, 0.3) is 6.09 Å². The number of amides is 1. The molecule has 2 rings (SSSR count). The second-order valence-corrected chi connectivity index (χ2v) is 9.40. The number of hydrogen-bond acceptors (Lipinski definition) is 5. The van der Waals surface area contributed by atoms with Crippen molar-refractivity contribution in [3.63, 3.8) is 0 Å². The first-order chi connectivity index (χ1) is 12.2. The van der Waals surface area contributed by atoms with Crippen molar-refractivity contribution < 1.29 is 29.4 Å². The number of aromatic nitrogens is 2. The van der Waals surface area contributed by atoms with Crippen molar-refractivity contribution in [3.8, 4) is 0 Å². The summed E-state index contributed by atoms with van der Waals surface area (Å²) in [6.45, 7) is 12.4. The number of carbonyl (C=O) groups excluding carboxylic acids is 1. The summed E-state index contributed by atoms with van der Waals surface area (Å²) in [6.07, 6.45) is -0.782. The van der Waals surface area contributed by atoms with Crippen molar-refractivity contribution >= 4 is 12.1 Å². The van der Waals surface area contributed by atoms with Gasteiger partial charge in [-0.3, -0.25) is 0 Å². The number of carboxylic acid groups (broad SMARTS) is 2. The third-order valence-corrected chi connectivity index (χ3v) is 6.01. The molecule has 1 amide bonds. The molecule has 1 aliphatic rings. The summed E-state index contributed by atoms with van der Waals surface area (Å²) in [4.78, 5) is 29.7. The van der Waals surface area contributed by atoms with Crippen LogP contribution < -0.4 is 5.11 Å². The van der Waals surface area contributed by atoms with Crippen molar-refractivity contribution in [2.24, 2.45) is 5.41 Å². The van der Waals surface area contributed by atoms with E-state index in [0.29, 0.717) is 12.2 Å². The van der Waals surface area contributed by atoms with Crippen LogP contribution in [0.4, 0.5) is 4.79 Å². The lowest BCUT2D eigenvalue weighted by molar-refractivity contribution is -0.982. The standard InChI is InChI=1S/C19H31N3O5/c1-8-9-21-11-20-13-12(21)10-22(16(26)27,18(5,6)7)19(14(13)23,15(24)25)17(2,3)4/h11,14,23H,8-10H2,1-7H3,(H-,24,25,26,27). The number of imidazole rings is 1. The van der Waals surface area contributed by atoms with E-state index in [-0.39, 0.29) is 12.2 Å². The lowest BCUT2D eigenvalue weighted by Crippen LogP contribution is -2.85. The zero-order chi connectivity index (χ0) is 21.0. The minimum absolute atomic E-state index is 0.123. The zero-order valence-corrected chi connectivity index (χ0v) is 17.2. The van der Waals surface area contributed by atoms with E-state index in [4.69, 9.17) is 0 Å². The highest BCUT2D eigenvalue weighted by atomic mass is 16.4. The maximum Gasteiger partial charge on any atom is 0.370 e. The zero-order valence-electron chi connectivity index (χ0n) is 17.2. The van der Waals surface area contributed by atoms with Crippen LogP contribution in [0.5, 0.6) is 0 Å². The highest BCUT2D eigenvalue weighted by Gasteiger charge is 2.75. The van der Waals surface area contributed by atoms with E-state index < -0.39 is 39.1 Å². The van der Waals surface area contributed by atoms with E-state index in [1.807, 2.05) is 6.92 Å². The Morgan fingerprint density at radius 1 is 1.33 bits per heavy atom. The van der Waals surface area contributed by atoms with Crippen LogP contribution in [0.1, 0.15) is 72.4 Å². The van der Waals surface area contributed by atoms with Gasteiger partial charge in [-0.1, -0.05) is 27.7 Å². The largest absolute Gasteiger partial charge is 0.498 e. The fourth-order valence-corrected chi connectivity index (χ4v) is 4.85. The molecule has 0 aromatic carbocycles. The van der Waals surface area contributed by atoms with Gasteiger partial charge in [-0.05, 0) is 27.2 Å². The Labute approximate surface area is 160 Å². The van der Waals surface area contributed by atoms with Gasteiger partial charge in [-0.25, -0.2) is 14.3 Å². The summed E-state index contributed by atoms with van der Waals surface area (Å²) < 4.78 is 0.872. The van der Waals surface area contributed by atoms with E-state index in [2.05, 4.69) is 4.98 Å². The topological polar surface area (TPSA) is 115 Å². The number of fused-ring (bicyclic) bond motifs is 1. The molecule has 2 heterocycles. The third-order valence-electron chi connectivity index (χ3n) is 6.01. The number of aryl methyl sites for hydroxylation is 1. The van der Waals surface area contributed by atoms with Crippen molar-refractivity contribution in [3.05, 3.63) is 17.7 Å². The van der Waals surface area contributed by atoms with E-state index >= 15 is 0 Å². The van der Waals surface area contributed by atoms with Gasteiger partial charge < -0.3 is 24.7 Å². The molecule has 1 aromatic rings. The average Bonchev–Trinajstić information content (AvgIpc) is 2.87. The van der Waals surface area contributed by atoms with Gasteiger partial charge in [0, 0.05) is 12.0 Å². The molecule has 2 N–H and O–H groups in total. The number of carbonyl (C=O) groups is 2. The van der Waals surface area contributed by atoms with Crippen LogP contribution in [-0.4, -0.2) is 47.4 Å². The third kappa shape index (κ3) is 2.53. The maximum absolute atomic E-state index is 12.7. The van der Waals surface area contributed by atoms with E-state index in [1.165, 1.54) is 0 Å². The summed E-state index contributed by atoms with van der Waals surface area (Å²) in [5, 5.41) is 34.4. The van der Waals surface area contributed by atoms with Crippen molar-refractivity contribution in [1.29, 1.82) is 0 Å². The van der Waals surface area contributed by atoms with E-state index in [9.17, 15) is 24.9 Å². The molecule has 0 saturated carbocycles. The van der Waals surface area contributed by atoms with Gasteiger partial charge in [0.05, 0.1) is 17.6 Å². The van der Waals surface area contributed by atoms with Crippen LogP contribution >= 0.6 is 0 Å². The summed E-state index contributed by atoms with van der Waals surface area (Å²) in [5.41, 5.74) is -3.48. The molecule has 27 heavy (non-hydrogen) atoms. The molecule has 3 unspecified atom stereocenters. The van der Waals surface area contributed by atoms with Gasteiger partial charge in [-0.2, -0.15) is 0 Å². The first-order valence-electron chi connectivity index (χ1n) is 9.25. The van der Waals surface area contributed by atoms with Gasteiger partial charge >= 0.3 is 5.97 Å². The molecule has 3 atom stereocenters. The molecule has 1 aliphatic heterocycles. The molecule has 0 radical (unpaired) electrons. The van der Waals surface area contributed by atoms with Crippen molar-refractivity contribution in [2.45, 2.75) is 85.2 Å². The number of aliphatic carboxylic acids is 1. The highest BCUT2D eigenvalue weighted by molar-refractivity contribution is 5.82. The second kappa shape index (κ2) is 6.31. The lowest BCUT2D eigenvalue weighted by atomic mass is 9.62. The SMILES string of the molecule is CCCn1cnc2c1C[N+](C(=O)[O-])(C(C)(C)C)C(C(=O)O)(C(C)(C)C)C2O. The number of hydrogen-bond donors (Lipinski definition) is 2. The number of nitrogens with zero attached hydrogens (tertiary/aromatic N) is 3. The van der Waals surface area contributed by atoms with Crippen LogP contribution in [-0.2, 0) is 17.9 Å². The Morgan fingerprint density at radius 2 is 1.89 bits per heavy atom. The smallest absolute Gasteiger partial charge is 0.370 e. The monoisotopic (exact) mass is 381 g/mol. The van der Waals surface area contributed by atoms with Gasteiger partial charge in [0.15, 0.2) is 6.10 Å². The quantitative estimate of drug-likeness (QED) is 0.770. The number of aliphatic hydroxyl groups excluding tert-OH is 1. The molecule has 1 aromatic heterocycles. The van der Waals surface area contributed by atoms with Gasteiger partial charge in [-0.15, -0.1) is 0 Å². The molecule has 152 valence electrons. The van der Waals surface area contributed by atoms with Crippen LogP contribution in [0, 0.1) is 5.41 Å². The average molecular weight is 381 g/mol. The Hall–Kier alpha value is -1.93. The maximum atomic E-state index is 12.7. The Balaban J connectivity index is 3.02. The van der Waals surface area contributed by atoms with Crippen molar-refractivity contribution in [2.75, 3.05) is 0 Å². The number of aliphatic hydroxyl groups is 1. The minimum atomic E-state index is -2.08. The summed E-state index contributed by atoms with van der Waals surface area (Å²) >= 11 is 0. The number of quaternary nitrogens is 1. The van der Waals surface area contributed by atoms with E-state index in [0.717, 1.165) is 6.42 Å². The molecule has 0 spiro atoms. The highest BCUT2D eigenvalue weighted by Crippen LogP contribution is 2.56. The molecule has 8 heteroatoms. The fraction of sp³-hybridized carbons (Fsp3) is 0.737. The number of rotatable bonds is 3. The van der Waals surface area contributed by atoms with E-state index in [1.54, 1.807) is 52.4 Å². The Kier molecular flexibility index (Phi) is 4.99. The molecular formula is C19H31N3O5. The first kappa shape index (κ1) is 21.4. The van der Waals surface area contributed by atoms with Gasteiger partial charge in [0.1, 0.15) is 12.2 Å². The number of carboxylic acids is 1. The fourth-order valence-electron chi connectivity index (χ4n) is 4.85. The molecule has 0 fully saturated rings. The summed E-state index contributed by atoms with van der Waals surface area (Å²) in [7, 11) is 0. The van der Waals surface area contributed by atoms with Crippen LogP contribution in [0.15, 0.2) is 6.33 Å². The normalized spacial score (nSPS) is 28.7. The predicted octanol–water partition coefficient (Wildman–Crippen LogP) is 1.67. The second-order valence-electron chi connectivity index (χ2n) is 9.40. The minimum Gasteiger partial charge on any atom is -0.498 e. The first-order valence-corrected chi connectivity index (χ1v) is 9.25. The van der Waals surface area contributed by atoms with Crippen LogP contribution in [0.25, 0.3) is 0 Å². The van der Waals surface area contributed by atoms with Crippen LogP contribution in [0.3, 0.4) is 0 Å². The molecule has 0 aliphatic carbocycles. The predicted molar refractivity (Wildman–Crippen MR) is 96.4 cm³/mol. The molecule has 0 saturated heterocycles. The Morgan fingerprint density at radius 3 is 2.26 bits per heavy atom. The summed E-state index contributed by atoms with van der Waals surface area (Å²) in [6, 6.07) is 0. The Bertz CT molecular complexity index is 758. The molecular weight excluding hydrogens is 350 g/mol. The van der Waals surface area contributed by atoms with Gasteiger partial charge in [0.2, 0.25) is 5.54 Å². The van der Waals surface area contributed by atoms with Crippen LogP contribution in [0.2, 0.25) is 0 Å². The molecule has 8 nitrogen and oxygen atoms in total.